The summed E-state index contributed by atoms with van der Waals surface area (Å²) in [6.45, 7) is 0.323. The van der Waals surface area contributed by atoms with E-state index < -0.39 is 0 Å². The first-order valence-corrected chi connectivity index (χ1v) is 4.46. The molecule has 0 bridgehead atoms. The SMILES string of the molecule is O=C(NO)C1COc2ccccc2C1. The van der Waals surface area contributed by atoms with Gasteiger partial charge in [0.1, 0.15) is 12.4 Å². The zero-order valence-corrected chi connectivity index (χ0v) is 7.56. The number of hydrogen-bond acceptors (Lipinski definition) is 3. The summed E-state index contributed by atoms with van der Waals surface area (Å²) in [5.41, 5.74) is 2.65. The molecule has 1 aliphatic heterocycles. The van der Waals surface area contributed by atoms with Crippen LogP contribution in [0.25, 0.3) is 0 Å². The van der Waals surface area contributed by atoms with Crippen molar-refractivity contribution in [3.8, 4) is 5.75 Å². The molecule has 0 aliphatic carbocycles. The summed E-state index contributed by atoms with van der Waals surface area (Å²) in [4.78, 5) is 11.1. The molecule has 1 atom stereocenters. The predicted octanol–water partition coefficient (Wildman–Crippen LogP) is 0.743. The zero-order chi connectivity index (χ0) is 9.97. The van der Waals surface area contributed by atoms with E-state index in [9.17, 15) is 4.79 Å². The number of hydroxylamine groups is 1. The molecule has 4 nitrogen and oxygen atoms in total. The number of para-hydroxylation sites is 1. The average molecular weight is 193 g/mol. The molecule has 0 radical (unpaired) electrons. The third-order valence-electron chi connectivity index (χ3n) is 2.36. The summed E-state index contributed by atoms with van der Waals surface area (Å²) < 4.78 is 5.39. The van der Waals surface area contributed by atoms with Crippen molar-refractivity contribution in [3.05, 3.63) is 29.8 Å². The molecule has 1 amide bonds. The number of carbonyl (C=O) groups excluding carboxylic acids is 1. The fourth-order valence-corrected chi connectivity index (χ4v) is 1.59. The number of nitrogens with one attached hydrogen (secondary N) is 1. The number of rotatable bonds is 1. The van der Waals surface area contributed by atoms with Gasteiger partial charge in [0.25, 0.3) is 0 Å². The fraction of sp³-hybridized carbons (Fsp3) is 0.300. The van der Waals surface area contributed by atoms with Crippen molar-refractivity contribution in [2.75, 3.05) is 6.61 Å². The Hall–Kier alpha value is -1.55. The zero-order valence-electron chi connectivity index (χ0n) is 7.56. The molecular formula is C10H11NO3. The lowest BCUT2D eigenvalue weighted by molar-refractivity contribution is -0.134. The van der Waals surface area contributed by atoms with Crippen molar-refractivity contribution < 1.29 is 14.7 Å². The number of benzene rings is 1. The highest BCUT2D eigenvalue weighted by Crippen LogP contribution is 2.26. The first-order valence-electron chi connectivity index (χ1n) is 4.46. The van der Waals surface area contributed by atoms with E-state index in [1.54, 1.807) is 5.48 Å². The van der Waals surface area contributed by atoms with Gasteiger partial charge < -0.3 is 4.74 Å². The van der Waals surface area contributed by atoms with Crippen molar-refractivity contribution >= 4 is 5.91 Å². The minimum absolute atomic E-state index is 0.296. The Morgan fingerprint density at radius 1 is 1.50 bits per heavy atom. The van der Waals surface area contributed by atoms with Crippen LogP contribution < -0.4 is 10.2 Å². The molecule has 1 aromatic carbocycles. The predicted molar refractivity (Wildman–Crippen MR) is 49.1 cm³/mol. The lowest BCUT2D eigenvalue weighted by Crippen LogP contribution is -2.35. The Morgan fingerprint density at radius 2 is 2.29 bits per heavy atom. The van der Waals surface area contributed by atoms with Gasteiger partial charge in [0, 0.05) is 0 Å². The van der Waals surface area contributed by atoms with E-state index in [0.29, 0.717) is 13.0 Å². The van der Waals surface area contributed by atoms with Crippen LogP contribution >= 0.6 is 0 Å². The molecule has 14 heavy (non-hydrogen) atoms. The molecule has 2 N–H and O–H groups in total. The Morgan fingerprint density at radius 3 is 3.07 bits per heavy atom. The number of ether oxygens (including phenoxy) is 1. The minimum Gasteiger partial charge on any atom is -0.492 e. The van der Waals surface area contributed by atoms with Gasteiger partial charge in [-0.3, -0.25) is 10.0 Å². The van der Waals surface area contributed by atoms with Crippen molar-refractivity contribution in [1.82, 2.24) is 5.48 Å². The first kappa shape index (κ1) is 9.02. The fourth-order valence-electron chi connectivity index (χ4n) is 1.59. The summed E-state index contributed by atoms with van der Waals surface area (Å²) >= 11 is 0. The summed E-state index contributed by atoms with van der Waals surface area (Å²) in [6, 6.07) is 7.60. The van der Waals surface area contributed by atoms with Gasteiger partial charge in [-0.25, -0.2) is 5.48 Å². The van der Waals surface area contributed by atoms with Crippen molar-refractivity contribution in [3.63, 3.8) is 0 Å². The molecule has 1 aliphatic rings. The summed E-state index contributed by atoms with van der Waals surface area (Å²) in [5, 5.41) is 8.48. The molecule has 0 aromatic heterocycles. The first-order chi connectivity index (χ1) is 6.81. The third kappa shape index (κ3) is 1.56. The molecule has 1 unspecified atom stereocenters. The van der Waals surface area contributed by atoms with E-state index in [-0.39, 0.29) is 11.8 Å². The second kappa shape index (κ2) is 3.67. The van der Waals surface area contributed by atoms with Crippen LogP contribution in [0.4, 0.5) is 0 Å². The molecule has 0 fully saturated rings. The van der Waals surface area contributed by atoms with Crippen LogP contribution in [0.5, 0.6) is 5.75 Å². The van der Waals surface area contributed by atoms with Crippen LogP contribution in [0.2, 0.25) is 0 Å². The van der Waals surface area contributed by atoms with Gasteiger partial charge in [-0.1, -0.05) is 18.2 Å². The topological polar surface area (TPSA) is 58.6 Å². The number of amides is 1. The van der Waals surface area contributed by atoms with Gasteiger partial charge in [-0.15, -0.1) is 0 Å². The average Bonchev–Trinajstić information content (AvgIpc) is 2.27. The van der Waals surface area contributed by atoms with Crippen LogP contribution in [-0.4, -0.2) is 17.7 Å². The molecule has 0 saturated carbocycles. The van der Waals surface area contributed by atoms with E-state index in [4.69, 9.17) is 9.94 Å². The second-order valence-electron chi connectivity index (χ2n) is 3.30. The minimum atomic E-state index is -0.389. The molecule has 2 rings (SSSR count). The van der Waals surface area contributed by atoms with E-state index in [1.165, 1.54) is 0 Å². The Balaban J connectivity index is 2.17. The van der Waals surface area contributed by atoms with Crippen molar-refractivity contribution in [1.29, 1.82) is 0 Å². The molecular weight excluding hydrogens is 182 g/mol. The molecule has 1 heterocycles. The maximum Gasteiger partial charge on any atom is 0.250 e. The number of hydrogen-bond donors (Lipinski definition) is 2. The Kier molecular flexibility index (Phi) is 2.37. The van der Waals surface area contributed by atoms with E-state index in [0.717, 1.165) is 11.3 Å². The Bertz CT molecular complexity index is 351. The normalized spacial score (nSPS) is 19.4. The van der Waals surface area contributed by atoms with Crippen LogP contribution in [0.3, 0.4) is 0 Å². The Labute approximate surface area is 81.5 Å². The second-order valence-corrected chi connectivity index (χ2v) is 3.30. The number of carbonyl (C=O) groups is 1. The molecule has 0 saturated heterocycles. The van der Waals surface area contributed by atoms with E-state index in [1.807, 2.05) is 24.3 Å². The summed E-state index contributed by atoms with van der Waals surface area (Å²) in [5.74, 6) is 0.142. The smallest absolute Gasteiger partial charge is 0.250 e. The molecule has 4 heteroatoms. The van der Waals surface area contributed by atoms with Crippen LogP contribution in [-0.2, 0) is 11.2 Å². The number of fused-ring (bicyclic) bond motifs is 1. The van der Waals surface area contributed by atoms with Gasteiger partial charge in [0.2, 0.25) is 5.91 Å². The van der Waals surface area contributed by atoms with Gasteiger partial charge in [0.15, 0.2) is 0 Å². The van der Waals surface area contributed by atoms with Crippen LogP contribution in [0.1, 0.15) is 5.56 Å². The lowest BCUT2D eigenvalue weighted by Gasteiger charge is -2.23. The van der Waals surface area contributed by atoms with E-state index in [2.05, 4.69) is 0 Å². The standard InChI is InChI=1S/C10H11NO3/c12-10(11-13)8-5-7-3-1-2-4-9(7)14-6-8/h1-4,8,13H,5-6H2,(H,11,12). The van der Waals surface area contributed by atoms with Crippen LogP contribution in [0, 0.1) is 5.92 Å². The summed E-state index contributed by atoms with van der Waals surface area (Å²) in [7, 11) is 0. The maximum absolute atomic E-state index is 11.1. The summed E-state index contributed by atoms with van der Waals surface area (Å²) in [6.07, 6.45) is 0.614. The molecule has 1 aromatic rings. The largest absolute Gasteiger partial charge is 0.492 e. The van der Waals surface area contributed by atoms with Gasteiger partial charge in [0.05, 0.1) is 5.92 Å². The van der Waals surface area contributed by atoms with Gasteiger partial charge in [-0.2, -0.15) is 0 Å². The highest BCUT2D eigenvalue weighted by molar-refractivity contribution is 5.78. The van der Waals surface area contributed by atoms with Crippen molar-refractivity contribution in [2.45, 2.75) is 6.42 Å². The lowest BCUT2D eigenvalue weighted by atomic mass is 9.96. The van der Waals surface area contributed by atoms with Gasteiger partial charge >= 0.3 is 0 Å². The quantitative estimate of drug-likeness (QED) is 0.511. The van der Waals surface area contributed by atoms with Gasteiger partial charge in [-0.05, 0) is 18.1 Å². The molecule has 0 spiro atoms. The highest BCUT2D eigenvalue weighted by atomic mass is 16.5. The molecule has 74 valence electrons. The van der Waals surface area contributed by atoms with Crippen LogP contribution in [0.15, 0.2) is 24.3 Å². The third-order valence-corrected chi connectivity index (χ3v) is 2.36. The van der Waals surface area contributed by atoms with Crippen molar-refractivity contribution in [2.24, 2.45) is 5.92 Å². The van der Waals surface area contributed by atoms with E-state index >= 15 is 0 Å². The maximum atomic E-state index is 11.1. The highest BCUT2D eigenvalue weighted by Gasteiger charge is 2.25. The monoisotopic (exact) mass is 193 g/mol.